The maximum Gasteiger partial charge on any atom is 0.0715 e. The first-order chi connectivity index (χ1) is 30.7. The van der Waals surface area contributed by atoms with Crippen molar-refractivity contribution in [3.63, 3.8) is 0 Å². The molecule has 12 aromatic rings. The van der Waals surface area contributed by atoms with Crippen molar-refractivity contribution >= 4 is 43.6 Å². The fraction of sp³-hybridized carbons (Fsp3) is 0. The Morgan fingerprint density at radius 1 is 0.226 bits per heavy atom. The highest BCUT2D eigenvalue weighted by Gasteiger charge is 2.17. The summed E-state index contributed by atoms with van der Waals surface area (Å²) < 4.78 is 4.80. The second-order valence-corrected chi connectivity index (χ2v) is 16.0. The predicted octanol–water partition coefficient (Wildman–Crippen LogP) is 15.6. The molecule has 0 radical (unpaired) electrons. The minimum Gasteiger partial charge on any atom is -0.309 e. The van der Waals surface area contributed by atoms with Gasteiger partial charge in [0.05, 0.1) is 33.5 Å². The van der Waals surface area contributed by atoms with Crippen LogP contribution >= 0.6 is 0 Å². The third-order valence-corrected chi connectivity index (χ3v) is 12.3. The number of aromatic nitrogens is 3. The fourth-order valence-electron chi connectivity index (χ4n) is 9.33. The minimum atomic E-state index is 0.961. The molecule has 290 valence electrons. The van der Waals surface area contributed by atoms with Gasteiger partial charge >= 0.3 is 0 Å². The topological polar surface area (TPSA) is 22.8 Å². The van der Waals surface area contributed by atoms with Gasteiger partial charge in [0.2, 0.25) is 0 Å². The van der Waals surface area contributed by atoms with Gasteiger partial charge < -0.3 is 9.13 Å². The van der Waals surface area contributed by atoms with Crippen molar-refractivity contribution in [2.24, 2.45) is 0 Å². The van der Waals surface area contributed by atoms with Crippen LogP contribution in [-0.4, -0.2) is 14.1 Å². The largest absolute Gasteiger partial charge is 0.309 e. The Balaban J connectivity index is 0.939. The van der Waals surface area contributed by atoms with Crippen molar-refractivity contribution < 1.29 is 0 Å². The van der Waals surface area contributed by atoms with Gasteiger partial charge in [-0.1, -0.05) is 164 Å². The van der Waals surface area contributed by atoms with E-state index in [9.17, 15) is 0 Å². The standard InChI is InChI=1S/C59H39N3/c1-4-15-40(16-5-1)44-21-14-22-49(35-44)62-57-26-13-11-24-51(57)53-37-46(30-34-59(53)62)45-29-33-58-52(36-45)50-23-10-12-25-56(50)61(58)48-31-27-41(28-32-48)47-38-54(42-17-6-2-7-18-42)60-55(39-47)43-19-8-3-9-20-43/h1-39H. The van der Waals surface area contributed by atoms with Crippen molar-refractivity contribution in [3.8, 4) is 67.3 Å². The molecule has 0 atom stereocenters. The summed E-state index contributed by atoms with van der Waals surface area (Å²) in [6.07, 6.45) is 0. The molecule has 0 fully saturated rings. The third kappa shape index (κ3) is 6.10. The molecule has 3 heteroatoms. The lowest BCUT2D eigenvalue weighted by Gasteiger charge is -2.12. The highest BCUT2D eigenvalue weighted by atomic mass is 15.0. The van der Waals surface area contributed by atoms with E-state index in [4.69, 9.17) is 4.98 Å². The molecule has 3 nitrogen and oxygen atoms in total. The Kier molecular flexibility index (Phi) is 8.50. The first-order valence-corrected chi connectivity index (χ1v) is 21.2. The lowest BCUT2D eigenvalue weighted by atomic mass is 9.99. The third-order valence-electron chi connectivity index (χ3n) is 12.3. The van der Waals surface area contributed by atoms with Gasteiger partial charge in [-0.3, -0.25) is 0 Å². The van der Waals surface area contributed by atoms with E-state index in [2.05, 4.69) is 234 Å². The fourth-order valence-corrected chi connectivity index (χ4v) is 9.33. The summed E-state index contributed by atoms with van der Waals surface area (Å²) in [6.45, 7) is 0. The van der Waals surface area contributed by atoms with Crippen molar-refractivity contribution in [1.82, 2.24) is 14.1 Å². The van der Waals surface area contributed by atoms with Gasteiger partial charge in [-0.05, 0) is 106 Å². The summed E-state index contributed by atoms with van der Waals surface area (Å²) in [5, 5.41) is 4.96. The SMILES string of the molecule is c1ccc(-c2cccc(-n3c4ccccc4c4cc(-c5ccc6c(c5)c5ccccc5n6-c5ccc(-c6cc(-c7ccccc7)nc(-c7ccccc7)c6)cc5)ccc43)c2)cc1. The van der Waals surface area contributed by atoms with E-state index in [0.29, 0.717) is 0 Å². The Morgan fingerprint density at radius 2 is 0.629 bits per heavy atom. The van der Waals surface area contributed by atoms with E-state index >= 15 is 0 Å². The second kappa shape index (κ2) is 14.8. The van der Waals surface area contributed by atoms with Crippen LogP contribution < -0.4 is 0 Å². The number of nitrogens with zero attached hydrogens (tertiary/aromatic N) is 3. The number of pyridine rings is 1. The van der Waals surface area contributed by atoms with Crippen molar-refractivity contribution in [2.45, 2.75) is 0 Å². The molecule has 0 N–H and O–H groups in total. The number of fused-ring (bicyclic) bond motifs is 6. The van der Waals surface area contributed by atoms with Crippen LogP contribution in [-0.2, 0) is 0 Å². The van der Waals surface area contributed by atoms with Crippen LogP contribution in [0.15, 0.2) is 237 Å². The molecule has 0 bridgehead atoms. The van der Waals surface area contributed by atoms with Gasteiger partial charge in [0.15, 0.2) is 0 Å². The lowest BCUT2D eigenvalue weighted by Crippen LogP contribution is -1.95. The second-order valence-electron chi connectivity index (χ2n) is 16.0. The van der Waals surface area contributed by atoms with Crippen molar-refractivity contribution in [2.75, 3.05) is 0 Å². The lowest BCUT2D eigenvalue weighted by molar-refractivity contribution is 1.18. The first kappa shape index (κ1) is 35.7. The minimum absolute atomic E-state index is 0.961. The summed E-state index contributed by atoms with van der Waals surface area (Å²) in [6, 6.07) is 85.2. The predicted molar refractivity (Wildman–Crippen MR) is 260 cm³/mol. The van der Waals surface area contributed by atoms with Gasteiger partial charge in [0.25, 0.3) is 0 Å². The zero-order valence-corrected chi connectivity index (χ0v) is 33.9. The van der Waals surface area contributed by atoms with Gasteiger partial charge in [0.1, 0.15) is 0 Å². The number of hydrogen-bond donors (Lipinski definition) is 0. The monoisotopic (exact) mass is 789 g/mol. The molecule has 12 rings (SSSR count). The maximum atomic E-state index is 5.10. The van der Waals surface area contributed by atoms with E-state index in [1.807, 2.05) is 12.1 Å². The van der Waals surface area contributed by atoms with E-state index in [1.165, 1.54) is 65.9 Å². The normalized spacial score (nSPS) is 11.5. The van der Waals surface area contributed by atoms with Crippen LogP contribution in [0, 0.1) is 0 Å². The number of benzene rings is 9. The quantitative estimate of drug-likeness (QED) is 0.158. The highest BCUT2D eigenvalue weighted by Crippen LogP contribution is 2.39. The molecular weight excluding hydrogens is 751 g/mol. The molecular formula is C59H39N3. The molecule has 0 aliphatic heterocycles. The summed E-state index contributed by atoms with van der Waals surface area (Å²) in [4.78, 5) is 5.10. The number of rotatable bonds is 7. The molecule has 0 unspecified atom stereocenters. The van der Waals surface area contributed by atoms with Crippen LogP contribution in [0.2, 0.25) is 0 Å². The molecule has 9 aromatic carbocycles. The molecule has 62 heavy (non-hydrogen) atoms. The Hall–Kier alpha value is -8.27. The average Bonchev–Trinajstić information content (AvgIpc) is 3.87. The zero-order valence-electron chi connectivity index (χ0n) is 33.9. The van der Waals surface area contributed by atoms with Gasteiger partial charge in [-0.2, -0.15) is 0 Å². The van der Waals surface area contributed by atoms with Crippen LogP contribution in [0.4, 0.5) is 0 Å². The number of para-hydroxylation sites is 2. The Labute approximate surface area is 360 Å². The molecule has 0 aliphatic carbocycles. The van der Waals surface area contributed by atoms with Crippen molar-refractivity contribution in [3.05, 3.63) is 237 Å². The summed E-state index contributed by atoms with van der Waals surface area (Å²) in [5.74, 6) is 0. The molecule has 3 heterocycles. The Morgan fingerprint density at radius 3 is 1.18 bits per heavy atom. The van der Waals surface area contributed by atoms with Crippen LogP contribution in [0.1, 0.15) is 0 Å². The smallest absolute Gasteiger partial charge is 0.0715 e. The molecule has 0 spiro atoms. The van der Waals surface area contributed by atoms with E-state index in [-0.39, 0.29) is 0 Å². The van der Waals surface area contributed by atoms with Gasteiger partial charge in [0, 0.05) is 44.0 Å². The molecule has 0 saturated carbocycles. The summed E-state index contributed by atoms with van der Waals surface area (Å²) in [5.41, 5.74) is 18.3. The average molecular weight is 790 g/mol. The molecule has 0 aliphatic rings. The van der Waals surface area contributed by atoms with E-state index in [0.717, 1.165) is 45.0 Å². The maximum absolute atomic E-state index is 5.10. The molecule has 3 aromatic heterocycles. The van der Waals surface area contributed by atoms with E-state index in [1.54, 1.807) is 0 Å². The van der Waals surface area contributed by atoms with Crippen LogP contribution in [0.25, 0.3) is 111 Å². The molecule has 0 saturated heterocycles. The first-order valence-electron chi connectivity index (χ1n) is 21.2. The van der Waals surface area contributed by atoms with Gasteiger partial charge in [-0.15, -0.1) is 0 Å². The zero-order chi connectivity index (χ0) is 41.0. The van der Waals surface area contributed by atoms with Gasteiger partial charge in [-0.25, -0.2) is 4.98 Å². The van der Waals surface area contributed by atoms with Crippen molar-refractivity contribution in [1.29, 1.82) is 0 Å². The molecule has 0 amide bonds. The highest BCUT2D eigenvalue weighted by molar-refractivity contribution is 6.12. The van der Waals surface area contributed by atoms with E-state index < -0.39 is 0 Å². The summed E-state index contributed by atoms with van der Waals surface area (Å²) >= 11 is 0. The Bertz CT molecular complexity index is 3540. The number of hydrogen-bond acceptors (Lipinski definition) is 1. The van der Waals surface area contributed by atoms with Crippen LogP contribution in [0.5, 0.6) is 0 Å². The van der Waals surface area contributed by atoms with Crippen LogP contribution in [0.3, 0.4) is 0 Å². The summed E-state index contributed by atoms with van der Waals surface area (Å²) in [7, 11) is 0.